The van der Waals surface area contributed by atoms with E-state index < -0.39 is 30.2 Å². The van der Waals surface area contributed by atoms with Gasteiger partial charge in [0.2, 0.25) is 11.8 Å². The van der Waals surface area contributed by atoms with Crippen molar-refractivity contribution in [1.29, 1.82) is 0 Å². The number of halogens is 2. The number of hydrogen-bond donors (Lipinski definition) is 0. The molecule has 2 aliphatic rings. The molecule has 1 fully saturated rings. The summed E-state index contributed by atoms with van der Waals surface area (Å²) in [6.07, 6.45) is 4.75. The Balaban J connectivity index is 1.61. The summed E-state index contributed by atoms with van der Waals surface area (Å²) in [4.78, 5) is 37.4. The largest absolute Gasteiger partial charge is 0.459 e. The van der Waals surface area contributed by atoms with Crippen LogP contribution in [0.25, 0.3) is 0 Å². The van der Waals surface area contributed by atoms with Gasteiger partial charge >= 0.3 is 5.97 Å². The van der Waals surface area contributed by atoms with Crippen LogP contribution < -0.4 is 0 Å². The second-order valence-corrected chi connectivity index (χ2v) is 6.19. The molecule has 1 aliphatic carbocycles. The Morgan fingerprint density at radius 3 is 2.42 bits per heavy atom. The lowest BCUT2D eigenvalue weighted by Crippen LogP contribution is -2.36. The van der Waals surface area contributed by atoms with E-state index >= 15 is 0 Å². The maximum atomic E-state index is 13.6. The zero-order valence-corrected chi connectivity index (χ0v) is 13.5. The van der Waals surface area contributed by atoms with Gasteiger partial charge < -0.3 is 4.74 Å². The van der Waals surface area contributed by atoms with Crippen LogP contribution in [0.1, 0.15) is 18.4 Å². The van der Waals surface area contributed by atoms with Gasteiger partial charge in [0.15, 0.2) is 0 Å². The SMILES string of the molecule is O=C(CN1C(=O)[C@H]2CC=CC[C@@H]2C1=O)OCc1c(F)cccc1Cl. The first-order valence-corrected chi connectivity index (χ1v) is 7.95. The molecule has 0 saturated carbocycles. The molecule has 2 amide bonds. The normalized spacial score (nSPS) is 22.7. The van der Waals surface area contributed by atoms with Crippen LogP contribution in [-0.4, -0.2) is 29.2 Å². The molecule has 126 valence electrons. The van der Waals surface area contributed by atoms with Crippen LogP contribution in [0.4, 0.5) is 4.39 Å². The molecule has 0 unspecified atom stereocenters. The average Bonchev–Trinajstić information content (AvgIpc) is 2.80. The lowest BCUT2D eigenvalue weighted by Gasteiger charge is -2.14. The number of likely N-dealkylation sites (tertiary alicyclic amines) is 1. The molecule has 1 aromatic rings. The molecule has 5 nitrogen and oxygen atoms in total. The Labute approximate surface area is 143 Å². The highest BCUT2D eigenvalue weighted by molar-refractivity contribution is 6.31. The van der Waals surface area contributed by atoms with Gasteiger partial charge in [-0.05, 0) is 25.0 Å². The van der Waals surface area contributed by atoms with E-state index in [2.05, 4.69) is 0 Å². The number of benzene rings is 1. The summed E-state index contributed by atoms with van der Waals surface area (Å²) >= 11 is 5.86. The van der Waals surface area contributed by atoms with Crippen molar-refractivity contribution < 1.29 is 23.5 Å². The minimum atomic E-state index is -0.775. The number of fused-ring (bicyclic) bond motifs is 1. The third-order valence-electron chi connectivity index (χ3n) is 4.33. The van der Waals surface area contributed by atoms with Crippen molar-refractivity contribution in [3.05, 3.63) is 46.8 Å². The van der Waals surface area contributed by atoms with Gasteiger partial charge in [-0.15, -0.1) is 0 Å². The third-order valence-corrected chi connectivity index (χ3v) is 4.68. The standard InChI is InChI=1S/C17H15ClFNO4/c18-13-6-3-7-14(19)12(13)9-24-15(21)8-20-16(22)10-4-1-2-5-11(10)17(20)23/h1-3,6-7,10-11H,4-5,8-9H2/t10-,11-/m0/s1. The molecule has 3 rings (SSSR count). The van der Waals surface area contributed by atoms with Gasteiger partial charge in [0.1, 0.15) is 19.0 Å². The van der Waals surface area contributed by atoms with E-state index in [4.69, 9.17) is 16.3 Å². The van der Waals surface area contributed by atoms with Crippen molar-refractivity contribution in [2.45, 2.75) is 19.4 Å². The number of imide groups is 1. The maximum Gasteiger partial charge on any atom is 0.326 e. The fourth-order valence-corrected chi connectivity index (χ4v) is 3.24. The number of ether oxygens (including phenoxy) is 1. The Kier molecular flexibility index (Phi) is 4.66. The van der Waals surface area contributed by atoms with Crippen molar-refractivity contribution in [2.75, 3.05) is 6.54 Å². The van der Waals surface area contributed by atoms with Crippen molar-refractivity contribution in [2.24, 2.45) is 11.8 Å². The van der Waals surface area contributed by atoms with Crippen LogP contribution in [0, 0.1) is 17.7 Å². The predicted octanol–water partition coefficient (Wildman–Crippen LogP) is 2.47. The summed E-state index contributed by atoms with van der Waals surface area (Å²) in [5.74, 6) is -2.85. The maximum absolute atomic E-state index is 13.6. The zero-order valence-electron chi connectivity index (χ0n) is 12.7. The summed E-state index contributed by atoms with van der Waals surface area (Å²) in [5, 5.41) is 0.146. The summed E-state index contributed by atoms with van der Waals surface area (Å²) in [5.41, 5.74) is 0.0597. The van der Waals surface area contributed by atoms with Gasteiger partial charge in [-0.1, -0.05) is 29.8 Å². The van der Waals surface area contributed by atoms with Crippen molar-refractivity contribution in [3.63, 3.8) is 0 Å². The van der Waals surface area contributed by atoms with Gasteiger partial charge in [-0.3, -0.25) is 19.3 Å². The molecule has 2 atom stereocenters. The van der Waals surface area contributed by atoms with Crippen LogP contribution in [0.5, 0.6) is 0 Å². The Morgan fingerprint density at radius 1 is 1.21 bits per heavy atom. The summed E-state index contributed by atoms with van der Waals surface area (Å²) in [6.45, 7) is -0.814. The van der Waals surface area contributed by atoms with E-state index in [0.29, 0.717) is 12.8 Å². The molecule has 0 N–H and O–H groups in total. The average molecular weight is 352 g/mol. The van der Waals surface area contributed by atoms with Crippen LogP contribution in [0.3, 0.4) is 0 Å². The molecule has 1 heterocycles. The molecule has 24 heavy (non-hydrogen) atoms. The number of esters is 1. The second-order valence-electron chi connectivity index (χ2n) is 5.78. The minimum absolute atomic E-state index is 0.0597. The summed E-state index contributed by atoms with van der Waals surface area (Å²) < 4.78 is 18.6. The van der Waals surface area contributed by atoms with Crippen LogP contribution in [0.15, 0.2) is 30.4 Å². The quantitative estimate of drug-likeness (QED) is 0.475. The van der Waals surface area contributed by atoms with E-state index in [9.17, 15) is 18.8 Å². The van der Waals surface area contributed by atoms with E-state index in [0.717, 1.165) is 4.90 Å². The number of rotatable bonds is 4. The summed E-state index contributed by atoms with van der Waals surface area (Å²) in [6, 6.07) is 4.14. The fourth-order valence-electron chi connectivity index (χ4n) is 3.02. The first-order valence-electron chi connectivity index (χ1n) is 7.57. The number of nitrogens with zero attached hydrogens (tertiary/aromatic N) is 1. The number of allylic oxidation sites excluding steroid dienone is 2. The molecule has 1 aliphatic heterocycles. The zero-order chi connectivity index (χ0) is 17.3. The van der Waals surface area contributed by atoms with Gasteiger partial charge in [0.05, 0.1) is 16.9 Å². The van der Waals surface area contributed by atoms with E-state index in [1.54, 1.807) is 0 Å². The van der Waals surface area contributed by atoms with Crippen LogP contribution >= 0.6 is 11.6 Å². The molecule has 1 aromatic carbocycles. The first-order chi connectivity index (χ1) is 11.5. The first kappa shape index (κ1) is 16.6. The minimum Gasteiger partial charge on any atom is -0.459 e. The molecule has 7 heteroatoms. The predicted molar refractivity (Wildman–Crippen MR) is 83.3 cm³/mol. The number of amides is 2. The van der Waals surface area contributed by atoms with E-state index in [1.807, 2.05) is 12.2 Å². The van der Waals surface area contributed by atoms with Gasteiger partial charge in [-0.25, -0.2) is 4.39 Å². The van der Waals surface area contributed by atoms with Crippen molar-refractivity contribution in [3.8, 4) is 0 Å². The van der Waals surface area contributed by atoms with E-state index in [1.165, 1.54) is 18.2 Å². The smallest absolute Gasteiger partial charge is 0.326 e. The number of carbonyl (C=O) groups excluding carboxylic acids is 3. The van der Waals surface area contributed by atoms with Gasteiger partial charge in [0, 0.05) is 5.56 Å². The van der Waals surface area contributed by atoms with Crippen molar-refractivity contribution >= 4 is 29.4 Å². The summed E-state index contributed by atoms with van der Waals surface area (Å²) in [7, 11) is 0. The topological polar surface area (TPSA) is 63.7 Å². The van der Waals surface area contributed by atoms with Crippen LogP contribution in [-0.2, 0) is 25.7 Å². The Hall–Kier alpha value is -2.21. The molecule has 0 bridgehead atoms. The number of carbonyl (C=O) groups is 3. The number of hydrogen-bond acceptors (Lipinski definition) is 4. The lowest BCUT2D eigenvalue weighted by molar-refractivity contribution is -0.153. The molecule has 1 saturated heterocycles. The molecule has 0 spiro atoms. The van der Waals surface area contributed by atoms with Gasteiger partial charge in [0.25, 0.3) is 0 Å². The molecule has 0 aromatic heterocycles. The lowest BCUT2D eigenvalue weighted by atomic mass is 9.85. The fraction of sp³-hybridized carbons (Fsp3) is 0.353. The Bertz CT molecular complexity index is 687. The van der Waals surface area contributed by atoms with E-state index in [-0.39, 0.29) is 29.0 Å². The second kappa shape index (κ2) is 6.73. The highest BCUT2D eigenvalue weighted by Gasteiger charge is 2.47. The highest BCUT2D eigenvalue weighted by Crippen LogP contribution is 2.34. The molecule has 0 radical (unpaired) electrons. The third kappa shape index (κ3) is 3.06. The van der Waals surface area contributed by atoms with Crippen LogP contribution in [0.2, 0.25) is 5.02 Å². The molecular formula is C17H15ClFNO4. The molecular weight excluding hydrogens is 337 g/mol. The van der Waals surface area contributed by atoms with Crippen molar-refractivity contribution in [1.82, 2.24) is 4.90 Å². The van der Waals surface area contributed by atoms with Gasteiger partial charge in [-0.2, -0.15) is 0 Å². The Morgan fingerprint density at radius 2 is 1.83 bits per heavy atom. The monoisotopic (exact) mass is 351 g/mol. The highest BCUT2D eigenvalue weighted by atomic mass is 35.5.